The van der Waals surface area contributed by atoms with E-state index in [9.17, 15) is 4.79 Å². The maximum absolute atomic E-state index is 11.9. The van der Waals surface area contributed by atoms with Crippen molar-refractivity contribution in [1.82, 2.24) is 10.2 Å². The molecule has 0 aromatic heterocycles. The molecule has 0 saturated carbocycles. The number of nitrogens with one attached hydrogen (secondary N) is 1. The Kier molecular flexibility index (Phi) is 6.47. The molecule has 2 atom stereocenters. The Morgan fingerprint density at radius 2 is 2.12 bits per heavy atom. The van der Waals surface area contributed by atoms with Gasteiger partial charge in [-0.05, 0) is 19.8 Å². The fraction of sp³-hybridized carbons (Fsp3) is 0.917. The van der Waals surface area contributed by atoms with Gasteiger partial charge in [-0.15, -0.1) is 0 Å². The summed E-state index contributed by atoms with van der Waals surface area (Å²) in [5.74, 6) is 0.219. The highest BCUT2D eigenvalue weighted by Gasteiger charge is 2.34. The van der Waals surface area contributed by atoms with Gasteiger partial charge in [0.2, 0.25) is 5.91 Å². The summed E-state index contributed by atoms with van der Waals surface area (Å²) in [4.78, 5) is 13.8. The highest BCUT2D eigenvalue weighted by Crippen LogP contribution is 2.12. The SMILES string of the molecule is CCC1NC(C)N(CCCOCCOC)C1=O. The van der Waals surface area contributed by atoms with Crippen LogP contribution in [0.3, 0.4) is 0 Å². The van der Waals surface area contributed by atoms with Crippen molar-refractivity contribution in [1.29, 1.82) is 0 Å². The summed E-state index contributed by atoms with van der Waals surface area (Å²) in [7, 11) is 1.66. The average Bonchev–Trinajstić information content (AvgIpc) is 2.60. The van der Waals surface area contributed by atoms with Gasteiger partial charge in [0.15, 0.2) is 0 Å². The molecule has 0 aliphatic carbocycles. The lowest BCUT2D eigenvalue weighted by atomic mass is 10.2. The predicted molar refractivity (Wildman–Crippen MR) is 65.7 cm³/mol. The van der Waals surface area contributed by atoms with Crippen LogP contribution in [0.4, 0.5) is 0 Å². The van der Waals surface area contributed by atoms with Crippen LogP contribution < -0.4 is 5.32 Å². The first kappa shape index (κ1) is 14.4. The standard InChI is InChI=1S/C12H24N2O3/c1-4-11-12(15)14(10(2)13-11)6-5-7-17-9-8-16-3/h10-11,13H,4-9H2,1-3H3. The van der Waals surface area contributed by atoms with E-state index >= 15 is 0 Å². The Morgan fingerprint density at radius 1 is 1.35 bits per heavy atom. The number of amides is 1. The lowest BCUT2D eigenvalue weighted by Crippen LogP contribution is -2.35. The fourth-order valence-electron chi connectivity index (χ4n) is 2.02. The van der Waals surface area contributed by atoms with Crippen molar-refractivity contribution < 1.29 is 14.3 Å². The Hall–Kier alpha value is -0.650. The molecule has 5 heteroatoms. The van der Waals surface area contributed by atoms with E-state index in [1.807, 2.05) is 18.7 Å². The summed E-state index contributed by atoms with van der Waals surface area (Å²) in [6.45, 7) is 6.74. The van der Waals surface area contributed by atoms with E-state index in [0.717, 1.165) is 19.4 Å². The third-order valence-corrected chi connectivity index (χ3v) is 3.02. The summed E-state index contributed by atoms with van der Waals surface area (Å²) in [6.07, 6.45) is 1.87. The van der Waals surface area contributed by atoms with Crippen molar-refractivity contribution in [3.63, 3.8) is 0 Å². The summed E-state index contributed by atoms with van der Waals surface area (Å²) in [5, 5.41) is 3.28. The van der Waals surface area contributed by atoms with Gasteiger partial charge in [-0.25, -0.2) is 0 Å². The number of carbonyl (C=O) groups excluding carboxylic acids is 1. The van der Waals surface area contributed by atoms with Gasteiger partial charge in [-0.2, -0.15) is 0 Å². The zero-order valence-electron chi connectivity index (χ0n) is 11.1. The minimum Gasteiger partial charge on any atom is -0.382 e. The van der Waals surface area contributed by atoms with Crippen LogP contribution in [0.2, 0.25) is 0 Å². The zero-order chi connectivity index (χ0) is 12.7. The van der Waals surface area contributed by atoms with E-state index in [4.69, 9.17) is 9.47 Å². The van der Waals surface area contributed by atoms with Crippen LogP contribution in [0, 0.1) is 0 Å². The molecule has 0 spiro atoms. The molecule has 0 bridgehead atoms. The van der Waals surface area contributed by atoms with Crippen molar-refractivity contribution in [3.8, 4) is 0 Å². The van der Waals surface area contributed by atoms with Gasteiger partial charge >= 0.3 is 0 Å². The predicted octanol–water partition coefficient (Wildman–Crippen LogP) is 0.596. The van der Waals surface area contributed by atoms with Crippen molar-refractivity contribution in [2.45, 2.75) is 38.9 Å². The van der Waals surface area contributed by atoms with E-state index in [0.29, 0.717) is 19.8 Å². The van der Waals surface area contributed by atoms with Gasteiger partial charge < -0.3 is 14.4 Å². The first-order valence-electron chi connectivity index (χ1n) is 6.34. The van der Waals surface area contributed by atoms with Crippen LogP contribution in [-0.4, -0.2) is 56.5 Å². The van der Waals surface area contributed by atoms with E-state index in [1.165, 1.54) is 0 Å². The number of ether oxygens (including phenoxy) is 2. The van der Waals surface area contributed by atoms with Gasteiger partial charge in [-0.3, -0.25) is 10.1 Å². The van der Waals surface area contributed by atoms with Crippen LogP contribution >= 0.6 is 0 Å². The van der Waals surface area contributed by atoms with E-state index < -0.39 is 0 Å². The monoisotopic (exact) mass is 244 g/mol. The van der Waals surface area contributed by atoms with E-state index in [1.54, 1.807) is 7.11 Å². The Balaban J connectivity index is 2.16. The Bertz CT molecular complexity index is 236. The summed E-state index contributed by atoms with van der Waals surface area (Å²) >= 11 is 0. The molecular weight excluding hydrogens is 220 g/mol. The number of nitrogens with zero attached hydrogens (tertiary/aromatic N) is 1. The van der Waals surface area contributed by atoms with Crippen LogP contribution in [0.25, 0.3) is 0 Å². The van der Waals surface area contributed by atoms with Crippen LogP contribution in [0.15, 0.2) is 0 Å². The molecule has 1 aliphatic rings. The highest BCUT2D eigenvalue weighted by molar-refractivity contribution is 5.84. The molecule has 1 N–H and O–H groups in total. The van der Waals surface area contributed by atoms with Crippen molar-refractivity contribution in [2.75, 3.05) is 33.5 Å². The number of methoxy groups -OCH3 is 1. The first-order valence-corrected chi connectivity index (χ1v) is 6.34. The average molecular weight is 244 g/mol. The van der Waals surface area contributed by atoms with Crippen LogP contribution in [0.1, 0.15) is 26.7 Å². The Labute approximate surface area is 103 Å². The first-order chi connectivity index (χ1) is 8.20. The summed E-state index contributed by atoms with van der Waals surface area (Å²) in [5.41, 5.74) is 0. The smallest absolute Gasteiger partial charge is 0.240 e. The lowest BCUT2D eigenvalue weighted by Gasteiger charge is -2.20. The van der Waals surface area contributed by atoms with Crippen molar-refractivity contribution in [2.24, 2.45) is 0 Å². The number of hydrogen-bond acceptors (Lipinski definition) is 4. The third kappa shape index (κ3) is 4.26. The van der Waals surface area contributed by atoms with Gasteiger partial charge in [-0.1, -0.05) is 6.92 Å². The molecule has 1 heterocycles. The zero-order valence-corrected chi connectivity index (χ0v) is 11.1. The normalized spacial score (nSPS) is 24.6. The number of hydrogen-bond donors (Lipinski definition) is 1. The topological polar surface area (TPSA) is 50.8 Å². The number of carbonyl (C=O) groups is 1. The summed E-state index contributed by atoms with van der Waals surface area (Å²) < 4.78 is 10.3. The molecule has 1 aliphatic heterocycles. The minimum atomic E-state index is -0.000547. The Morgan fingerprint density at radius 3 is 2.71 bits per heavy atom. The van der Waals surface area contributed by atoms with Crippen LogP contribution in [0.5, 0.6) is 0 Å². The van der Waals surface area contributed by atoms with E-state index in [-0.39, 0.29) is 18.1 Å². The molecular formula is C12H24N2O3. The van der Waals surface area contributed by atoms with Gasteiger partial charge in [0, 0.05) is 20.3 Å². The fourth-order valence-corrected chi connectivity index (χ4v) is 2.02. The molecule has 1 rings (SSSR count). The second kappa shape index (κ2) is 7.63. The molecule has 1 amide bonds. The second-order valence-corrected chi connectivity index (χ2v) is 4.29. The molecule has 0 aromatic rings. The molecule has 0 aromatic carbocycles. The molecule has 2 unspecified atom stereocenters. The maximum atomic E-state index is 11.9. The van der Waals surface area contributed by atoms with Crippen molar-refractivity contribution >= 4 is 5.91 Å². The van der Waals surface area contributed by atoms with E-state index in [2.05, 4.69) is 5.32 Å². The lowest BCUT2D eigenvalue weighted by molar-refractivity contribution is -0.130. The summed E-state index contributed by atoms with van der Waals surface area (Å²) in [6, 6.07) is -0.000547. The van der Waals surface area contributed by atoms with Gasteiger partial charge in [0.1, 0.15) is 0 Å². The molecule has 1 saturated heterocycles. The second-order valence-electron chi connectivity index (χ2n) is 4.29. The quantitative estimate of drug-likeness (QED) is 0.635. The molecule has 5 nitrogen and oxygen atoms in total. The number of rotatable bonds is 8. The molecule has 0 radical (unpaired) electrons. The maximum Gasteiger partial charge on any atom is 0.240 e. The minimum absolute atomic E-state index is 0.000547. The largest absolute Gasteiger partial charge is 0.382 e. The molecule has 100 valence electrons. The molecule has 17 heavy (non-hydrogen) atoms. The molecule has 1 fully saturated rings. The van der Waals surface area contributed by atoms with Gasteiger partial charge in [0.05, 0.1) is 25.4 Å². The van der Waals surface area contributed by atoms with Gasteiger partial charge in [0.25, 0.3) is 0 Å². The highest BCUT2D eigenvalue weighted by atomic mass is 16.5. The van der Waals surface area contributed by atoms with Crippen LogP contribution in [-0.2, 0) is 14.3 Å². The van der Waals surface area contributed by atoms with Crippen molar-refractivity contribution in [3.05, 3.63) is 0 Å². The third-order valence-electron chi connectivity index (χ3n) is 3.02.